The van der Waals surface area contributed by atoms with E-state index in [0.717, 1.165) is 17.4 Å². The molecule has 1 aliphatic rings. The van der Waals surface area contributed by atoms with E-state index in [-0.39, 0.29) is 10.7 Å². The van der Waals surface area contributed by atoms with Crippen molar-refractivity contribution in [2.45, 2.75) is 36.7 Å². The summed E-state index contributed by atoms with van der Waals surface area (Å²) in [4.78, 5) is 19.8. The van der Waals surface area contributed by atoms with Crippen molar-refractivity contribution >= 4 is 55.8 Å². The van der Waals surface area contributed by atoms with Crippen molar-refractivity contribution in [3.63, 3.8) is 0 Å². The molecule has 0 bridgehead atoms. The Bertz CT molecular complexity index is 1490. The van der Waals surface area contributed by atoms with E-state index in [9.17, 15) is 13.2 Å². The predicted octanol–water partition coefficient (Wildman–Crippen LogP) is 7.05. The van der Waals surface area contributed by atoms with Crippen LogP contribution in [0.4, 0.5) is 4.79 Å². The van der Waals surface area contributed by atoms with Gasteiger partial charge in [-0.25, -0.2) is 8.42 Å². The largest absolute Gasteiger partial charge is 0.493 e. The maximum absolute atomic E-state index is 13.2. The van der Waals surface area contributed by atoms with E-state index >= 15 is 0 Å². The molecule has 37 heavy (non-hydrogen) atoms. The molecule has 0 unspecified atom stereocenters. The third-order valence-corrected chi connectivity index (χ3v) is 8.63. The van der Waals surface area contributed by atoms with Gasteiger partial charge in [-0.3, -0.25) is 14.7 Å². The maximum atomic E-state index is 13.2. The number of carbonyl (C=O) groups is 1. The number of hydrogen-bond acceptors (Lipinski definition) is 5. The summed E-state index contributed by atoms with van der Waals surface area (Å²) in [5.41, 5.74) is -0.402. The van der Waals surface area contributed by atoms with Crippen molar-refractivity contribution in [3.05, 3.63) is 93.5 Å². The molecule has 4 rings (SSSR count). The van der Waals surface area contributed by atoms with Crippen molar-refractivity contribution in [1.82, 2.24) is 4.90 Å². The summed E-state index contributed by atoms with van der Waals surface area (Å²) in [6.07, 6.45) is 1.11. The van der Waals surface area contributed by atoms with E-state index in [0.29, 0.717) is 28.0 Å². The van der Waals surface area contributed by atoms with E-state index in [1.165, 1.54) is 17.0 Å². The number of amidine groups is 1. The molecule has 1 aliphatic heterocycles. The van der Waals surface area contributed by atoms with Crippen molar-refractivity contribution in [2.75, 3.05) is 12.9 Å². The average Bonchev–Trinajstić information content (AvgIpc) is 3.08. The molecule has 3 aromatic carbocycles. The summed E-state index contributed by atoms with van der Waals surface area (Å²) in [5.74, 6) is 0.555. The number of carbonyl (C=O) groups excluding carboxylic acids is 1. The number of aliphatic imine (C=N–C) groups is 1. The second kappa shape index (κ2) is 9.95. The van der Waals surface area contributed by atoms with Crippen molar-refractivity contribution < 1.29 is 17.9 Å². The third-order valence-electron chi connectivity index (χ3n) is 6.84. The second-order valence-corrected chi connectivity index (χ2v) is 12.3. The first-order valence-electron chi connectivity index (χ1n) is 11.4. The molecular formula is C27H25Cl3N2O4S. The van der Waals surface area contributed by atoms with Gasteiger partial charge in [0.2, 0.25) is 0 Å². The Balaban J connectivity index is 2.09. The number of halogens is 3. The zero-order chi connectivity index (χ0) is 27.2. The number of amides is 1. The summed E-state index contributed by atoms with van der Waals surface area (Å²) in [6.45, 7) is 5.88. The molecule has 0 spiro atoms. The van der Waals surface area contributed by atoms with Gasteiger partial charge in [-0.05, 0) is 86.0 Å². The van der Waals surface area contributed by atoms with Crippen LogP contribution >= 0.6 is 34.8 Å². The van der Waals surface area contributed by atoms with Gasteiger partial charge < -0.3 is 4.74 Å². The zero-order valence-corrected chi connectivity index (χ0v) is 23.7. The Labute approximate surface area is 231 Å². The van der Waals surface area contributed by atoms with E-state index in [1.54, 1.807) is 30.3 Å². The molecule has 6 nitrogen and oxygen atoms in total. The average molecular weight is 580 g/mol. The summed E-state index contributed by atoms with van der Waals surface area (Å²) >= 11 is 18.7. The van der Waals surface area contributed by atoms with Crippen LogP contribution in [0.5, 0.6) is 5.75 Å². The molecule has 0 N–H and O–H groups in total. The summed E-state index contributed by atoms with van der Waals surface area (Å²) in [7, 11) is -3.57. The lowest BCUT2D eigenvalue weighted by molar-refractivity contribution is 0.149. The highest BCUT2D eigenvalue weighted by molar-refractivity contribution is 7.90. The molecule has 194 valence electrons. The molecule has 3 aromatic rings. The smallest absolute Gasteiger partial charge is 0.322 e. The van der Waals surface area contributed by atoms with Crippen molar-refractivity contribution in [1.29, 1.82) is 0 Å². The fourth-order valence-electron chi connectivity index (χ4n) is 4.74. The van der Waals surface area contributed by atoms with Crippen LogP contribution in [-0.2, 0) is 20.9 Å². The number of ether oxygens (including phenoxy) is 1. The molecule has 0 radical (unpaired) electrons. The van der Waals surface area contributed by atoms with Crippen LogP contribution < -0.4 is 4.74 Å². The highest BCUT2D eigenvalue weighted by atomic mass is 35.5. The van der Waals surface area contributed by atoms with Gasteiger partial charge in [0.25, 0.3) is 0 Å². The zero-order valence-electron chi connectivity index (χ0n) is 20.6. The molecule has 2 atom stereocenters. The lowest BCUT2D eigenvalue weighted by atomic mass is 9.71. The minimum Gasteiger partial charge on any atom is -0.493 e. The van der Waals surface area contributed by atoms with Crippen LogP contribution in [0.3, 0.4) is 0 Å². The Morgan fingerprint density at radius 2 is 1.49 bits per heavy atom. The second-order valence-electron chi connectivity index (χ2n) is 9.05. The fraction of sp³-hybridized carbons (Fsp3) is 0.259. The summed E-state index contributed by atoms with van der Waals surface area (Å²) in [6, 6.07) is 18.8. The van der Waals surface area contributed by atoms with E-state index < -0.39 is 26.3 Å². The third kappa shape index (κ3) is 4.74. The molecule has 1 amide bonds. The monoisotopic (exact) mass is 578 g/mol. The lowest BCUT2D eigenvalue weighted by Gasteiger charge is -2.44. The molecule has 0 saturated heterocycles. The predicted molar refractivity (Wildman–Crippen MR) is 148 cm³/mol. The van der Waals surface area contributed by atoms with Crippen LogP contribution in [0.15, 0.2) is 76.6 Å². The highest BCUT2D eigenvalue weighted by Gasteiger charge is 2.59. The lowest BCUT2D eigenvalue weighted by Crippen LogP contribution is -2.53. The molecule has 0 saturated carbocycles. The normalized spacial score (nSPS) is 21.6. The van der Waals surface area contributed by atoms with E-state index in [4.69, 9.17) is 44.5 Å². The van der Waals surface area contributed by atoms with Crippen molar-refractivity contribution in [2.24, 2.45) is 4.99 Å². The Morgan fingerprint density at radius 1 is 0.946 bits per heavy atom. The van der Waals surface area contributed by atoms with Crippen LogP contribution in [0.1, 0.15) is 37.5 Å². The Morgan fingerprint density at radius 3 is 1.97 bits per heavy atom. The minimum atomic E-state index is -3.57. The van der Waals surface area contributed by atoms with E-state index in [2.05, 4.69) is 0 Å². The first-order chi connectivity index (χ1) is 17.3. The first kappa shape index (κ1) is 27.5. The van der Waals surface area contributed by atoms with E-state index in [1.807, 2.05) is 45.0 Å². The van der Waals surface area contributed by atoms with Gasteiger partial charge >= 0.3 is 5.37 Å². The van der Waals surface area contributed by atoms with Crippen LogP contribution in [0.2, 0.25) is 10.0 Å². The molecule has 0 aromatic heterocycles. The first-order valence-corrected chi connectivity index (χ1v) is 14.4. The maximum Gasteiger partial charge on any atom is 0.322 e. The molecule has 10 heteroatoms. The molecule has 0 fully saturated rings. The van der Waals surface area contributed by atoms with Gasteiger partial charge in [-0.1, -0.05) is 47.5 Å². The molecule has 0 aliphatic carbocycles. The molecular weight excluding hydrogens is 555 g/mol. The number of rotatable bonds is 6. The van der Waals surface area contributed by atoms with Gasteiger partial charge in [0.05, 0.1) is 17.1 Å². The molecule has 1 heterocycles. The Hall–Kier alpha value is -2.58. The summed E-state index contributed by atoms with van der Waals surface area (Å²) < 4.78 is 30.7. The van der Waals surface area contributed by atoms with Crippen molar-refractivity contribution in [3.8, 4) is 5.75 Å². The van der Waals surface area contributed by atoms with Gasteiger partial charge in [-0.15, -0.1) is 0 Å². The van der Waals surface area contributed by atoms with Gasteiger partial charge in [0.15, 0.2) is 9.84 Å². The number of benzene rings is 3. The Kier molecular flexibility index (Phi) is 7.38. The fourth-order valence-corrected chi connectivity index (χ4v) is 5.89. The number of sulfone groups is 1. The van der Waals surface area contributed by atoms with Crippen LogP contribution in [0.25, 0.3) is 0 Å². The van der Waals surface area contributed by atoms with Crippen LogP contribution in [-0.4, -0.2) is 37.4 Å². The standard InChI is InChI=1S/C27H25Cl3N2O4S/c1-5-36-23-15-14-21(37(4,34)35)16-22(23)24-31-26(2,17-6-10-19(28)11-7-17)27(3,32(24)25(30)33)18-8-12-20(29)13-9-18/h6-16H,5H2,1-4H3/t26-,27+/m0/s1. The number of nitrogens with zero attached hydrogens (tertiary/aromatic N) is 2. The van der Waals surface area contributed by atoms with Crippen LogP contribution in [0, 0.1) is 0 Å². The van der Waals surface area contributed by atoms with Gasteiger partial charge in [-0.2, -0.15) is 0 Å². The summed E-state index contributed by atoms with van der Waals surface area (Å²) in [5, 5.41) is 0.288. The van der Waals surface area contributed by atoms with Gasteiger partial charge in [0.1, 0.15) is 22.7 Å². The topological polar surface area (TPSA) is 76.0 Å². The number of hydrogen-bond donors (Lipinski definition) is 0. The quantitative estimate of drug-likeness (QED) is 0.232. The van der Waals surface area contributed by atoms with Gasteiger partial charge in [0, 0.05) is 16.3 Å². The SMILES string of the molecule is CCOc1ccc(S(C)(=O)=O)cc1C1=N[C@@](C)(c2ccc(Cl)cc2)[C@@](C)(c2ccc(Cl)cc2)N1C(=O)Cl. The highest BCUT2D eigenvalue weighted by Crippen LogP contribution is 2.54. The minimum absolute atomic E-state index is 0.0592.